The topological polar surface area (TPSA) is 52.6 Å². The summed E-state index contributed by atoms with van der Waals surface area (Å²) in [6, 6.07) is 10.0. The fraction of sp³-hybridized carbons (Fsp3) is 0.200. The van der Waals surface area contributed by atoms with Crippen LogP contribution in [0.4, 0.5) is 0 Å². The Labute approximate surface area is 133 Å². The van der Waals surface area contributed by atoms with Crippen LogP contribution in [0, 0.1) is 13.8 Å². The average Bonchev–Trinajstić information content (AvgIpc) is 2.43. The first-order valence-corrected chi connectivity index (χ1v) is 8.39. The molecule has 0 aliphatic rings. The van der Waals surface area contributed by atoms with Gasteiger partial charge in [-0.25, -0.2) is 0 Å². The van der Waals surface area contributed by atoms with E-state index in [1.807, 2.05) is 13.8 Å². The van der Waals surface area contributed by atoms with E-state index < -0.39 is 10.1 Å². The molecule has 0 aromatic heterocycles. The highest BCUT2D eigenvalue weighted by molar-refractivity contribution is 9.10. The van der Waals surface area contributed by atoms with Gasteiger partial charge < -0.3 is 8.92 Å². The summed E-state index contributed by atoms with van der Waals surface area (Å²) < 4.78 is 35.9. The van der Waals surface area contributed by atoms with Crippen LogP contribution >= 0.6 is 15.9 Å². The smallest absolute Gasteiger partial charge is 0.342 e. The van der Waals surface area contributed by atoms with Gasteiger partial charge in [-0.15, -0.1) is 0 Å². The fourth-order valence-electron chi connectivity index (χ4n) is 1.79. The SMILES string of the molecule is COc1cc(C)c(C)cc1S(=O)(=O)Oc1ccccc1Br. The Hall–Kier alpha value is -1.53. The Morgan fingerprint density at radius 3 is 2.24 bits per heavy atom. The molecule has 0 bridgehead atoms. The molecule has 4 nitrogen and oxygen atoms in total. The van der Waals surface area contributed by atoms with Gasteiger partial charge in [0.1, 0.15) is 10.6 Å². The van der Waals surface area contributed by atoms with E-state index in [1.54, 1.807) is 36.4 Å². The van der Waals surface area contributed by atoms with Crippen molar-refractivity contribution in [2.24, 2.45) is 0 Å². The summed E-state index contributed by atoms with van der Waals surface area (Å²) in [5.74, 6) is 0.503. The molecule has 0 atom stereocenters. The molecule has 112 valence electrons. The van der Waals surface area contributed by atoms with Gasteiger partial charge in [0.05, 0.1) is 11.6 Å². The van der Waals surface area contributed by atoms with E-state index in [9.17, 15) is 8.42 Å². The minimum atomic E-state index is -3.97. The van der Waals surface area contributed by atoms with Gasteiger partial charge in [0, 0.05) is 0 Å². The van der Waals surface area contributed by atoms with E-state index >= 15 is 0 Å². The molecule has 21 heavy (non-hydrogen) atoms. The van der Waals surface area contributed by atoms with Gasteiger partial charge in [0.2, 0.25) is 0 Å². The van der Waals surface area contributed by atoms with Crippen LogP contribution in [0.2, 0.25) is 0 Å². The van der Waals surface area contributed by atoms with Crippen molar-refractivity contribution in [3.8, 4) is 11.5 Å². The second kappa shape index (κ2) is 6.07. The Morgan fingerprint density at radius 2 is 1.62 bits per heavy atom. The summed E-state index contributed by atoms with van der Waals surface area (Å²) in [5, 5.41) is 0. The van der Waals surface area contributed by atoms with Crippen LogP contribution in [0.15, 0.2) is 45.8 Å². The number of ether oxygens (including phenoxy) is 1. The first-order valence-electron chi connectivity index (χ1n) is 6.19. The van der Waals surface area contributed by atoms with Crippen molar-refractivity contribution < 1.29 is 17.3 Å². The number of hydrogen-bond acceptors (Lipinski definition) is 4. The van der Waals surface area contributed by atoms with Crippen molar-refractivity contribution in [1.82, 2.24) is 0 Å². The maximum atomic E-state index is 12.5. The summed E-state index contributed by atoms with van der Waals surface area (Å²) >= 11 is 3.26. The largest absolute Gasteiger partial charge is 0.495 e. The number of halogens is 1. The summed E-state index contributed by atoms with van der Waals surface area (Å²) in [4.78, 5) is 0.0175. The van der Waals surface area contributed by atoms with Crippen LogP contribution in [0.5, 0.6) is 11.5 Å². The van der Waals surface area contributed by atoms with Crippen LogP contribution in [-0.4, -0.2) is 15.5 Å². The quantitative estimate of drug-likeness (QED) is 0.767. The molecule has 2 aromatic rings. The van der Waals surface area contributed by atoms with Crippen molar-refractivity contribution in [3.05, 3.63) is 52.0 Å². The summed E-state index contributed by atoms with van der Waals surface area (Å²) in [6.07, 6.45) is 0. The summed E-state index contributed by atoms with van der Waals surface area (Å²) in [7, 11) is -2.54. The first-order chi connectivity index (χ1) is 9.85. The molecule has 0 heterocycles. The molecular weight excluding hydrogens is 356 g/mol. The molecule has 6 heteroatoms. The van der Waals surface area contributed by atoms with Gasteiger partial charge in [-0.05, 0) is 65.2 Å². The predicted molar refractivity (Wildman–Crippen MR) is 84.4 cm³/mol. The third kappa shape index (κ3) is 3.39. The van der Waals surface area contributed by atoms with E-state index in [-0.39, 0.29) is 16.4 Å². The number of aryl methyl sites for hydroxylation is 2. The molecular formula is C15H15BrO4S. The van der Waals surface area contributed by atoms with Gasteiger partial charge in [-0.3, -0.25) is 0 Å². The highest BCUT2D eigenvalue weighted by Crippen LogP contribution is 2.32. The Balaban J connectivity index is 2.50. The van der Waals surface area contributed by atoms with E-state index in [4.69, 9.17) is 8.92 Å². The van der Waals surface area contributed by atoms with Gasteiger partial charge in [0.25, 0.3) is 0 Å². The number of rotatable bonds is 4. The molecule has 0 N–H and O–H groups in total. The zero-order valence-electron chi connectivity index (χ0n) is 11.9. The first kappa shape index (κ1) is 15.9. The molecule has 0 spiro atoms. The van der Waals surface area contributed by atoms with Crippen molar-refractivity contribution in [1.29, 1.82) is 0 Å². The lowest BCUT2D eigenvalue weighted by molar-refractivity contribution is 0.397. The lowest BCUT2D eigenvalue weighted by atomic mass is 10.1. The minimum absolute atomic E-state index is 0.0175. The van der Waals surface area contributed by atoms with Crippen LogP contribution in [0.25, 0.3) is 0 Å². The molecule has 0 saturated heterocycles. The Bertz CT molecular complexity index is 769. The molecule has 0 unspecified atom stereocenters. The van der Waals surface area contributed by atoms with Crippen LogP contribution in [0.1, 0.15) is 11.1 Å². The molecule has 0 aliphatic heterocycles. The molecule has 0 saturated carbocycles. The second-order valence-corrected chi connectivity index (χ2v) is 6.92. The number of hydrogen-bond donors (Lipinski definition) is 0. The summed E-state index contributed by atoms with van der Waals surface area (Å²) in [6.45, 7) is 3.73. The van der Waals surface area contributed by atoms with Crippen LogP contribution in [0.3, 0.4) is 0 Å². The van der Waals surface area contributed by atoms with E-state index in [2.05, 4.69) is 15.9 Å². The normalized spacial score (nSPS) is 11.2. The zero-order valence-corrected chi connectivity index (χ0v) is 14.3. The number of para-hydroxylation sites is 1. The Kier molecular flexibility index (Phi) is 4.58. The van der Waals surface area contributed by atoms with Crippen LogP contribution < -0.4 is 8.92 Å². The third-order valence-electron chi connectivity index (χ3n) is 3.09. The van der Waals surface area contributed by atoms with Crippen LogP contribution in [-0.2, 0) is 10.1 Å². The molecule has 2 rings (SSSR count). The lowest BCUT2D eigenvalue weighted by Crippen LogP contribution is -2.12. The minimum Gasteiger partial charge on any atom is -0.495 e. The van der Waals surface area contributed by atoms with E-state index in [0.29, 0.717) is 4.47 Å². The standard InChI is InChI=1S/C15H15BrO4S/c1-10-8-14(19-3)15(9-11(10)2)21(17,18)20-13-7-5-4-6-12(13)16/h4-9H,1-3H3. The highest BCUT2D eigenvalue weighted by atomic mass is 79.9. The van der Waals surface area contributed by atoms with E-state index in [1.165, 1.54) is 7.11 Å². The Morgan fingerprint density at radius 1 is 1.00 bits per heavy atom. The predicted octanol–water partition coefficient (Wildman–Crippen LogP) is 3.84. The van der Waals surface area contributed by atoms with E-state index in [0.717, 1.165) is 11.1 Å². The van der Waals surface area contributed by atoms with Crippen molar-refractivity contribution >= 4 is 26.0 Å². The van der Waals surface area contributed by atoms with Crippen molar-refractivity contribution in [2.45, 2.75) is 18.7 Å². The highest BCUT2D eigenvalue weighted by Gasteiger charge is 2.23. The number of methoxy groups -OCH3 is 1. The van der Waals surface area contributed by atoms with Crippen molar-refractivity contribution in [3.63, 3.8) is 0 Å². The van der Waals surface area contributed by atoms with Gasteiger partial charge in [0.15, 0.2) is 5.75 Å². The average molecular weight is 371 g/mol. The monoisotopic (exact) mass is 370 g/mol. The van der Waals surface area contributed by atoms with Gasteiger partial charge in [-0.2, -0.15) is 8.42 Å². The van der Waals surface area contributed by atoms with Gasteiger partial charge >= 0.3 is 10.1 Å². The number of benzene rings is 2. The lowest BCUT2D eigenvalue weighted by Gasteiger charge is -2.13. The van der Waals surface area contributed by atoms with Crippen molar-refractivity contribution in [2.75, 3.05) is 7.11 Å². The molecule has 0 radical (unpaired) electrons. The maximum absolute atomic E-state index is 12.5. The molecule has 0 fully saturated rings. The second-order valence-electron chi connectivity index (χ2n) is 4.56. The van der Waals surface area contributed by atoms with Gasteiger partial charge in [-0.1, -0.05) is 12.1 Å². The maximum Gasteiger partial charge on any atom is 0.342 e. The molecule has 0 amide bonds. The third-order valence-corrected chi connectivity index (χ3v) is 5.00. The molecule has 0 aliphatic carbocycles. The zero-order chi connectivity index (χ0) is 15.6. The summed E-state index contributed by atoms with van der Waals surface area (Å²) in [5.41, 5.74) is 1.80. The molecule has 2 aromatic carbocycles. The fourth-order valence-corrected chi connectivity index (χ4v) is 3.45.